The molecule has 192 valence electrons. The normalized spacial score (nSPS) is 46.9. The predicted molar refractivity (Wildman–Crippen MR) is 126 cm³/mol. The number of halogens is 3. The number of fused-ring (bicyclic) bond motifs is 5. The van der Waals surface area contributed by atoms with Gasteiger partial charge in [0.2, 0.25) is 0 Å². The molecule has 4 aliphatic carbocycles. The van der Waals surface area contributed by atoms with Crippen LogP contribution in [0.2, 0.25) is 0 Å². The summed E-state index contributed by atoms with van der Waals surface area (Å²) in [6.07, 6.45) is 5.61. The lowest BCUT2D eigenvalue weighted by molar-refractivity contribution is -0.290. The monoisotopic (exact) mass is 472 g/mol. The van der Waals surface area contributed by atoms with Crippen LogP contribution in [0.3, 0.4) is 0 Å². The van der Waals surface area contributed by atoms with Gasteiger partial charge in [0, 0.05) is 0 Å². The molecule has 0 amide bonds. The molecule has 9 atom stereocenters. The number of rotatable bonds is 5. The van der Waals surface area contributed by atoms with Crippen LogP contribution >= 0.6 is 0 Å². The van der Waals surface area contributed by atoms with E-state index in [1.165, 1.54) is 25.7 Å². The number of aliphatic hydroxyl groups is 2. The second-order valence-electron chi connectivity index (χ2n) is 13.8. The maximum absolute atomic E-state index is 13.6. The molecular formula is C28H47F3O2. The van der Waals surface area contributed by atoms with E-state index in [1.54, 1.807) is 0 Å². The highest BCUT2D eigenvalue weighted by molar-refractivity contribution is 5.11. The molecule has 5 heteroatoms. The predicted octanol–water partition coefficient (Wildman–Crippen LogP) is 7.52. The van der Waals surface area contributed by atoms with Gasteiger partial charge in [-0.1, -0.05) is 33.6 Å². The maximum Gasteiger partial charge on any atom is 0.417 e. The summed E-state index contributed by atoms with van der Waals surface area (Å²) in [6, 6.07) is 0. The summed E-state index contributed by atoms with van der Waals surface area (Å²) in [6.45, 7) is 11.0. The zero-order valence-corrected chi connectivity index (χ0v) is 21.5. The summed E-state index contributed by atoms with van der Waals surface area (Å²) < 4.78 is 40.7. The number of hydrogen-bond donors (Lipinski definition) is 2. The molecule has 0 spiro atoms. The molecule has 2 N–H and O–H groups in total. The molecule has 0 aromatic rings. The topological polar surface area (TPSA) is 40.5 Å². The Morgan fingerprint density at radius 2 is 1.58 bits per heavy atom. The van der Waals surface area contributed by atoms with E-state index in [0.29, 0.717) is 35.5 Å². The molecule has 0 aliphatic heterocycles. The molecule has 4 aliphatic rings. The minimum absolute atomic E-state index is 0.0126. The van der Waals surface area contributed by atoms with Crippen molar-refractivity contribution in [3.05, 3.63) is 0 Å². The van der Waals surface area contributed by atoms with Crippen LogP contribution in [-0.2, 0) is 0 Å². The Bertz CT molecular complexity index is 715. The SMILES string of the molecule is C[C@H](CCCC(C)(C)O)[C@H]1CC[C@H]2[C@@H]3CC[C@H]4C[C@](O)(C(F)(F)F)CC[C@]4(C)[C@H]3CC[C@]12C. The third-order valence-corrected chi connectivity index (χ3v) is 11.5. The van der Waals surface area contributed by atoms with Gasteiger partial charge in [-0.3, -0.25) is 0 Å². The second-order valence-corrected chi connectivity index (χ2v) is 13.8. The van der Waals surface area contributed by atoms with Crippen LogP contribution in [0.5, 0.6) is 0 Å². The van der Waals surface area contributed by atoms with E-state index in [4.69, 9.17) is 0 Å². The molecule has 0 radical (unpaired) electrons. The van der Waals surface area contributed by atoms with Crippen LogP contribution in [0, 0.1) is 46.3 Å². The average Bonchev–Trinajstić information content (AvgIpc) is 3.04. The Kier molecular flexibility index (Phi) is 6.56. The Morgan fingerprint density at radius 1 is 0.909 bits per heavy atom. The van der Waals surface area contributed by atoms with Gasteiger partial charge >= 0.3 is 6.18 Å². The van der Waals surface area contributed by atoms with Crippen molar-refractivity contribution in [2.75, 3.05) is 0 Å². The minimum Gasteiger partial charge on any atom is -0.390 e. The molecule has 4 rings (SSSR count). The van der Waals surface area contributed by atoms with Gasteiger partial charge in [0.1, 0.15) is 0 Å². The number of alkyl halides is 3. The van der Waals surface area contributed by atoms with Crippen molar-refractivity contribution in [3.8, 4) is 0 Å². The summed E-state index contributed by atoms with van der Waals surface area (Å²) in [4.78, 5) is 0. The van der Waals surface area contributed by atoms with E-state index in [1.807, 2.05) is 13.8 Å². The average molecular weight is 473 g/mol. The van der Waals surface area contributed by atoms with Crippen molar-refractivity contribution < 1.29 is 23.4 Å². The van der Waals surface area contributed by atoms with Crippen molar-refractivity contribution in [3.63, 3.8) is 0 Å². The van der Waals surface area contributed by atoms with Crippen LogP contribution in [0.25, 0.3) is 0 Å². The van der Waals surface area contributed by atoms with Gasteiger partial charge in [-0.25, -0.2) is 0 Å². The van der Waals surface area contributed by atoms with Crippen molar-refractivity contribution in [1.29, 1.82) is 0 Å². The molecule has 2 nitrogen and oxygen atoms in total. The molecule has 0 unspecified atom stereocenters. The lowest BCUT2D eigenvalue weighted by Gasteiger charge is -2.62. The van der Waals surface area contributed by atoms with Gasteiger partial charge in [-0.15, -0.1) is 0 Å². The molecule has 33 heavy (non-hydrogen) atoms. The third-order valence-electron chi connectivity index (χ3n) is 11.5. The first-order valence-electron chi connectivity index (χ1n) is 13.6. The van der Waals surface area contributed by atoms with Crippen molar-refractivity contribution >= 4 is 0 Å². The Hall–Kier alpha value is -0.290. The zero-order valence-electron chi connectivity index (χ0n) is 21.5. The molecule has 4 saturated carbocycles. The first-order valence-corrected chi connectivity index (χ1v) is 13.6. The Balaban J connectivity index is 1.46. The molecule has 0 heterocycles. The smallest absolute Gasteiger partial charge is 0.390 e. The van der Waals surface area contributed by atoms with E-state index < -0.39 is 17.4 Å². The minimum atomic E-state index is -4.52. The van der Waals surface area contributed by atoms with Crippen LogP contribution in [-0.4, -0.2) is 27.6 Å². The summed E-state index contributed by atoms with van der Waals surface area (Å²) in [7, 11) is 0. The van der Waals surface area contributed by atoms with E-state index in [0.717, 1.165) is 38.0 Å². The van der Waals surface area contributed by atoms with Gasteiger partial charge in [0.15, 0.2) is 5.60 Å². The van der Waals surface area contributed by atoms with Gasteiger partial charge in [0.05, 0.1) is 5.60 Å². The van der Waals surface area contributed by atoms with Crippen LogP contribution in [0.1, 0.15) is 112 Å². The van der Waals surface area contributed by atoms with Crippen molar-refractivity contribution in [2.24, 2.45) is 46.3 Å². The van der Waals surface area contributed by atoms with E-state index in [-0.39, 0.29) is 24.2 Å². The molecule has 4 fully saturated rings. The summed E-state index contributed by atoms with van der Waals surface area (Å²) in [5.74, 6) is 3.20. The molecular weight excluding hydrogens is 425 g/mol. The molecule has 0 aromatic heterocycles. The fraction of sp³-hybridized carbons (Fsp3) is 1.00. The van der Waals surface area contributed by atoms with Gasteiger partial charge in [0.25, 0.3) is 0 Å². The highest BCUT2D eigenvalue weighted by Gasteiger charge is 2.65. The highest BCUT2D eigenvalue weighted by Crippen LogP contribution is 2.69. The van der Waals surface area contributed by atoms with Gasteiger partial charge in [-0.05, 0) is 124 Å². The standard InChI is InChI=1S/C28H47F3O2/c1-18(7-6-13-24(2,3)32)21-10-11-22-20-9-8-19-17-27(33,28(29,30)31)16-15-25(19,4)23(20)12-14-26(21,22)5/h18-23,32-33H,6-17H2,1-5H3/t18-,19+,20+,21-,22+,23+,25+,26-,27+/m1/s1. The third kappa shape index (κ3) is 4.41. The van der Waals surface area contributed by atoms with Crippen LogP contribution < -0.4 is 0 Å². The first-order chi connectivity index (χ1) is 15.1. The molecule has 0 bridgehead atoms. The molecule has 0 aromatic carbocycles. The summed E-state index contributed by atoms with van der Waals surface area (Å²) in [5, 5.41) is 20.5. The van der Waals surface area contributed by atoms with Gasteiger partial charge < -0.3 is 10.2 Å². The van der Waals surface area contributed by atoms with E-state index >= 15 is 0 Å². The first kappa shape index (κ1) is 25.8. The van der Waals surface area contributed by atoms with E-state index in [9.17, 15) is 23.4 Å². The quantitative estimate of drug-likeness (QED) is 0.434. The largest absolute Gasteiger partial charge is 0.417 e. The van der Waals surface area contributed by atoms with Crippen molar-refractivity contribution in [1.82, 2.24) is 0 Å². The maximum atomic E-state index is 13.6. The van der Waals surface area contributed by atoms with E-state index in [2.05, 4.69) is 20.8 Å². The zero-order chi connectivity index (χ0) is 24.4. The summed E-state index contributed by atoms with van der Waals surface area (Å²) in [5.41, 5.74) is -2.78. The van der Waals surface area contributed by atoms with Crippen LogP contribution in [0.15, 0.2) is 0 Å². The lowest BCUT2D eigenvalue weighted by atomic mass is 9.43. The van der Waals surface area contributed by atoms with Gasteiger partial charge in [-0.2, -0.15) is 13.2 Å². The Labute approximate surface area is 199 Å². The Morgan fingerprint density at radius 3 is 2.21 bits per heavy atom. The highest BCUT2D eigenvalue weighted by atomic mass is 19.4. The summed E-state index contributed by atoms with van der Waals surface area (Å²) >= 11 is 0. The molecule has 0 saturated heterocycles. The lowest BCUT2D eigenvalue weighted by Crippen LogP contribution is -2.59. The fourth-order valence-corrected chi connectivity index (χ4v) is 9.54. The van der Waals surface area contributed by atoms with Crippen LogP contribution in [0.4, 0.5) is 13.2 Å². The second kappa shape index (κ2) is 8.39. The number of hydrogen-bond acceptors (Lipinski definition) is 2. The fourth-order valence-electron chi connectivity index (χ4n) is 9.54. The van der Waals surface area contributed by atoms with Crippen molar-refractivity contribution in [2.45, 2.75) is 129 Å².